The number of amides is 2. The lowest BCUT2D eigenvalue weighted by molar-refractivity contribution is -0.171. The van der Waals surface area contributed by atoms with Gasteiger partial charge in [0.1, 0.15) is 6.61 Å². The Morgan fingerprint density at radius 1 is 1.14 bits per heavy atom. The van der Waals surface area contributed by atoms with Crippen molar-refractivity contribution in [1.29, 1.82) is 0 Å². The lowest BCUT2D eigenvalue weighted by Crippen LogP contribution is -2.65. The zero-order chi connectivity index (χ0) is 20.6. The van der Waals surface area contributed by atoms with Gasteiger partial charge in [0.05, 0.1) is 6.04 Å². The quantitative estimate of drug-likeness (QED) is 0.746. The van der Waals surface area contributed by atoms with E-state index in [1.54, 1.807) is 11.9 Å². The smallest absolute Gasteiger partial charge is 0.254 e. The highest BCUT2D eigenvalue weighted by molar-refractivity contribution is 5.86. The van der Waals surface area contributed by atoms with Gasteiger partial charge in [0, 0.05) is 45.4 Å². The lowest BCUT2D eigenvalue weighted by atomic mass is 9.85. The van der Waals surface area contributed by atoms with Gasteiger partial charge in [0.15, 0.2) is 6.10 Å². The number of carbonyl (C=O) groups excluding carboxylic acids is 2. The maximum absolute atomic E-state index is 13.6. The number of likely N-dealkylation sites (N-methyl/N-ethyl adjacent to an activating group) is 2. The van der Waals surface area contributed by atoms with E-state index >= 15 is 0 Å². The average Bonchev–Trinajstić information content (AvgIpc) is 2.73. The van der Waals surface area contributed by atoms with Crippen LogP contribution in [0.3, 0.4) is 0 Å². The maximum Gasteiger partial charge on any atom is 0.254 e. The number of hydrogen-bond donors (Lipinski definition) is 0. The standard InChI is InChI=1S/C22H31N3O4/c1-16-6-4-5-7-17(16)19-20(29-14-18(26)24(19)3)21(27)25-11-10-23(2)22(15-25)8-12-28-13-9-22/h4-7,19-20H,8-15H2,1-3H3/t19-,20+/m1/s1. The molecule has 0 saturated carbocycles. The van der Waals surface area contributed by atoms with Crippen LogP contribution in [0.2, 0.25) is 0 Å². The van der Waals surface area contributed by atoms with Crippen LogP contribution in [-0.4, -0.2) is 91.7 Å². The molecule has 4 rings (SSSR count). The third-order valence-corrected chi connectivity index (χ3v) is 6.97. The fraction of sp³-hybridized carbons (Fsp3) is 0.636. The number of aryl methyl sites for hydroxylation is 1. The minimum Gasteiger partial charge on any atom is -0.381 e. The Balaban J connectivity index is 1.60. The van der Waals surface area contributed by atoms with E-state index in [4.69, 9.17) is 9.47 Å². The molecule has 3 aliphatic rings. The predicted molar refractivity (Wildman–Crippen MR) is 108 cm³/mol. The van der Waals surface area contributed by atoms with Crippen LogP contribution in [0.1, 0.15) is 30.0 Å². The van der Waals surface area contributed by atoms with E-state index in [1.807, 2.05) is 36.1 Å². The largest absolute Gasteiger partial charge is 0.381 e. The van der Waals surface area contributed by atoms with Gasteiger partial charge in [0.2, 0.25) is 5.91 Å². The summed E-state index contributed by atoms with van der Waals surface area (Å²) in [6.07, 6.45) is 1.18. The molecule has 2 amide bonds. The van der Waals surface area contributed by atoms with Crippen molar-refractivity contribution in [2.24, 2.45) is 0 Å². The summed E-state index contributed by atoms with van der Waals surface area (Å²) >= 11 is 0. The Morgan fingerprint density at radius 2 is 1.86 bits per heavy atom. The Bertz CT molecular complexity index is 777. The lowest BCUT2D eigenvalue weighted by Gasteiger charge is -2.52. The van der Waals surface area contributed by atoms with Crippen LogP contribution in [0, 0.1) is 6.92 Å². The van der Waals surface area contributed by atoms with E-state index in [1.165, 1.54) is 0 Å². The molecule has 0 unspecified atom stereocenters. The number of morpholine rings is 1. The summed E-state index contributed by atoms with van der Waals surface area (Å²) in [6, 6.07) is 7.51. The molecule has 158 valence electrons. The summed E-state index contributed by atoms with van der Waals surface area (Å²) in [5, 5.41) is 0. The summed E-state index contributed by atoms with van der Waals surface area (Å²) in [5.74, 6) is -0.113. The molecule has 7 heteroatoms. The number of rotatable bonds is 2. The van der Waals surface area contributed by atoms with Crippen LogP contribution in [0.5, 0.6) is 0 Å². The Kier molecular flexibility index (Phi) is 5.64. The van der Waals surface area contributed by atoms with Gasteiger partial charge < -0.3 is 19.3 Å². The molecule has 1 aromatic rings. The number of carbonyl (C=O) groups is 2. The molecular formula is C22H31N3O4. The molecule has 3 heterocycles. The van der Waals surface area contributed by atoms with Gasteiger partial charge in [-0.2, -0.15) is 0 Å². The van der Waals surface area contributed by atoms with Gasteiger partial charge in [-0.3, -0.25) is 14.5 Å². The third-order valence-electron chi connectivity index (χ3n) is 6.97. The zero-order valence-electron chi connectivity index (χ0n) is 17.6. The number of ether oxygens (including phenoxy) is 2. The Hall–Kier alpha value is -1.96. The zero-order valence-corrected chi connectivity index (χ0v) is 17.6. The summed E-state index contributed by atoms with van der Waals surface area (Å²) in [7, 11) is 3.92. The molecule has 0 radical (unpaired) electrons. The highest BCUT2D eigenvalue weighted by atomic mass is 16.5. The number of piperazine rings is 1. The minimum absolute atomic E-state index is 0.0171. The van der Waals surface area contributed by atoms with Gasteiger partial charge in [-0.1, -0.05) is 24.3 Å². The molecule has 0 aromatic heterocycles. The van der Waals surface area contributed by atoms with Crippen LogP contribution in [0.15, 0.2) is 24.3 Å². The predicted octanol–water partition coefficient (Wildman–Crippen LogP) is 1.22. The molecule has 3 saturated heterocycles. The van der Waals surface area contributed by atoms with E-state index in [2.05, 4.69) is 11.9 Å². The van der Waals surface area contributed by atoms with E-state index < -0.39 is 12.1 Å². The molecular weight excluding hydrogens is 370 g/mol. The second-order valence-corrected chi connectivity index (χ2v) is 8.56. The topological polar surface area (TPSA) is 62.3 Å². The van der Waals surface area contributed by atoms with Crippen molar-refractivity contribution in [3.05, 3.63) is 35.4 Å². The summed E-state index contributed by atoms with van der Waals surface area (Å²) in [5.41, 5.74) is 2.00. The Labute approximate surface area is 172 Å². The molecule has 3 aliphatic heterocycles. The van der Waals surface area contributed by atoms with Crippen LogP contribution >= 0.6 is 0 Å². The summed E-state index contributed by atoms with van der Waals surface area (Å²) in [6.45, 7) is 5.62. The van der Waals surface area contributed by atoms with Crippen molar-refractivity contribution in [3.8, 4) is 0 Å². The third kappa shape index (κ3) is 3.67. The first-order valence-corrected chi connectivity index (χ1v) is 10.4. The van der Waals surface area contributed by atoms with Gasteiger partial charge in [-0.05, 0) is 37.9 Å². The number of hydrogen-bond acceptors (Lipinski definition) is 5. The van der Waals surface area contributed by atoms with Crippen LogP contribution in [0.4, 0.5) is 0 Å². The molecule has 3 fully saturated rings. The van der Waals surface area contributed by atoms with E-state index in [-0.39, 0.29) is 24.0 Å². The van der Waals surface area contributed by atoms with E-state index in [9.17, 15) is 9.59 Å². The van der Waals surface area contributed by atoms with Crippen LogP contribution in [0.25, 0.3) is 0 Å². The molecule has 29 heavy (non-hydrogen) atoms. The SMILES string of the molecule is Cc1ccccc1[C@@H]1[C@@H](C(=O)N2CCN(C)C3(CCOCC3)C2)OCC(=O)N1C. The van der Waals surface area contributed by atoms with Crippen molar-refractivity contribution in [3.63, 3.8) is 0 Å². The van der Waals surface area contributed by atoms with Gasteiger partial charge in [-0.25, -0.2) is 0 Å². The van der Waals surface area contributed by atoms with Gasteiger partial charge in [0.25, 0.3) is 5.91 Å². The van der Waals surface area contributed by atoms with Gasteiger partial charge >= 0.3 is 0 Å². The number of nitrogens with zero attached hydrogens (tertiary/aromatic N) is 3. The first kappa shape index (κ1) is 20.3. The molecule has 1 aromatic carbocycles. The fourth-order valence-electron chi connectivity index (χ4n) is 4.93. The minimum atomic E-state index is -0.681. The normalized spacial score (nSPS) is 28.0. The molecule has 1 spiro atoms. The van der Waals surface area contributed by atoms with E-state index in [0.29, 0.717) is 13.1 Å². The van der Waals surface area contributed by atoms with Gasteiger partial charge in [-0.15, -0.1) is 0 Å². The van der Waals surface area contributed by atoms with Crippen molar-refractivity contribution in [2.75, 3.05) is 53.6 Å². The highest BCUT2D eigenvalue weighted by Gasteiger charge is 2.47. The van der Waals surface area contributed by atoms with Crippen LogP contribution < -0.4 is 0 Å². The highest BCUT2D eigenvalue weighted by Crippen LogP contribution is 2.35. The average molecular weight is 402 g/mol. The maximum atomic E-state index is 13.6. The van der Waals surface area contributed by atoms with Crippen molar-refractivity contribution in [1.82, 2.24) is 14.7 Å². The van der Waals surface area contributed by atoms with Crippen molar-refractivity contribution in [2.45, 2.75) is 37.5 Å². The fourth-order valence-corrected chi connectivity index (χ4v) is 4.93. The molecule has 0 aliphatic carbocycles. The molecule has 7 nitrogen and oxygen atoms in total. The first-order chi connectivity index (χ1) is 13.9. The molecule has 2 atom stereocenters. The van der Waals surface area contributed by atoms with Crippen molar-refractivity contribution < 1.29 is 19.1 Å². The Morgan fingerprint density at radius 3 is 2.59 bits per heavy atom. The molecule has 0 N–H and O–H groups in total. The second-order valence-electron chi connectivity index (χ2n) is 8.56. The summed E-state index contributed by atoms with van der Waals surface area (Å²) < 4.78 is 11.5. The molecule has 0 bridgehead atoms. The number of benzene rings is 1. The van der Waals surface area contributed by atoms with E-state index in [0.717, 1.165) is 43.7 Å². The summed E-state index contributed by atoms with van der Waals surface area (Å²) in [4.78, 5) is 32.0. The van der Waals surface area contributed by atoms with Crippen molar-refractivity contribution >= 4 is 11.8 Å². The second kappa shape index (κ2) is 8.05. The van der Waals surface area contributed by atoms with Crippen LogP contribution in [-0.2, 0) is 19.1 Å². The monoisotopic (exact) mass is 401 g/mol. The first-order valence-electron chi connectivity index (χ1n) is 10.4.